The number of hydrogen-bond acceptors (Lipinski definition) is 3. The summed E-state index contributed by atoms with van der Waals surface area (Å²) in [6.07, 6.45) is 1.09. The lowest BCUT2D eigenvalue weighted by Crippen LogP contribution is -2.46. The first-order chi connectivity index (χ1) is 6.89. The molecule has 0 N–H and O–H groups in total. The molecule has 0 aromatic heterocycles. The molecule has 0 aromatic rings. The molecule has 15 heavy (non-hydrogen) atoms. The summed E-state index contributed by atoms with van der Waals surface area (Å²) >= 11 is 0. The van der Waals surface area contributed by atoms with Gasteiger partial charge in [0, 0.05) is 25.4 Å². The van der Waals surface area contributed by atoms with Crippen LogP contribution in [0.4, 0.5) is 0 Å². The summed E-state index contributed by atoms with van der Waals surface area (Å²) in [7, 11) is -3.19. The van der Waals surface area contributed by atoms with E-state index in [9.17, 15) is 13.2 Å². The van der Waals surface area contributed by atoms with Crippen molar-refractivity contribution in [3.63, 3.8) is 0 Å². The highest BCUT2D eigenvalue weighted by atomic mass is 32.2. The lowest BCUT2D eigenvalue weighted by Gasteiger charge is -2.31. The van der Waals surface area contributed by atoms with Gasteiger partial charge in [-0.15, -0.1) is 0 Å². The van der Waals surface area contributed by atoms with Crippen molar-refractivity contribution in [3.8, 4) is 0 Å². The van der Waals surface area contributed by atoms with E-state index in [1.807, 2.05) is 6.92 Å². The van der Waals surface area contributed by atoms with Crippen LogP contribution in [0.3, 0.4) is 0 Å². The predicted octanol–water partition coefficient (Wildman–Crippen LogP) is 1.03. The van der Waals surface area contributed by atoms with Crippen LogP contribution in [0.2, 0.25) is 0 Å². The summed E-state index contributed by atoms with van der Waals surface area (Å²) in [6, 6.07) is 0. The van der Waals surface area contributed by atoms with Crippen LogP contribution in [0.1, 0.15) is 33.6 Å². The molecule has 0 radical (unpaired) electrons. The summed E-state index contributed by atoms with van der Waals surface area (Å²) < 4.78 is 25.2. The molecule has 1 aliphatic heterocycles. The maximum atomic E-state index is 11.9. The first-order valence-electron chi connectivity index (χ1n) is 5.41. The van der Waals surface area contributed by atoms with E-state index < -0.39 is 15.3 Å². The molecule has 88 valence electrons. The van der Waals surface area contributed by atoms with E-state index in [1.54, 1.807) is 13.8 Å². The lowest BCUT2D eigenvalue weighted by atomic mass is 9.96. The minimum atomic E-state index is -3.19. The zero-order valence-electron chi connectivity index (χ0n) is 9.56. The van der Waals surface area contributed by atoms with Crippen LogP contribution in [0.15, 0.2) is 0 Å². The molecule has 0 amide bonds. The minimum Gasteiger partial charge on any atom is -0.299 e. The van der Waals surface area contributed by atoms with Crippen LogP contribution in [0.5, 0.6) is 0 Å². The van der Waals surface area contributed by atoms with E-state index in [0.29, 0.717) is 19.5 Å². The van der Waals surface area contributed by atoms with Gasteiger partial charge in [0.05, 0.1) is 5.25 Å². The SMILES string of the molecule is CCC1CN(S(=O)(=O)C(C)C)CCC1=O. The molecule has 1 saturated heterocycles. The summed E-state index contributed by atoms with van der Waals surface area (Å²) in [5, 5.41) is -0.400. The Morgan fingerprint density at radius 3 is 2.53 bits per heavy atom. The van der Waals surface area contributed by atoms with Gasteiger partial charge < -0.3 is 0 Å². The fraction of sp³-hybridized carbons (Fsp3) is 0.900. The Bertz CT molecular complexity index is 335. The van der Waals surface area contributed by atoms with Crippen molar-refractivity contribution in [2.75, 3.05) is 13.1 Å². The second kappa shape index (κ2) is 4.61. The molecule has 1 atom stereocenters. The molecule has 0 aromatic carbocycles. The topological polar surface area (TPSA) is 54.5 Å². The average molecular weight is 233 g/mol. The molecular weight excluding hydrogens is 214 g/mol. The van der Waals surface area contributed by atoms with Crippen molar-refractivity contribution in [2.45, 2.75) is 38.9 Å². The number of hydrogen-bond donors (Lipinski definition) is 0. The van der Waals surface area contributed by atoms with Crippen LogP contribution < -0.4 is 0 Å². The molecular formula is C10H19NO3S. The van der Waals surface area contributed by atoms with Crippen LogP contribution in [-0.2, 0) is 14.8 Å². The van der Waals surface area contributed by atoms with Crippen LogP contribution in [-0.4, -0.2) is 36.8 Å². The normalized spacial score (nSPS) is 24.8. The van der Waals surface area contributed by atoms with Crippen LogP contribution in [0, 0.1) is 5.92 Å². The van der Waals surface area contributed by atoms with Gasteiger partial charge in [0.15, 0.2) is 0 Å². The Morgan fingerprint density at radius 2 is 2.07 bits per heavy atom. The first kappa shape index (κ1) is 12.6. The highest BCUT2D eigenvalue weighted by molar-refractivity contribution is 7.89. The lowest BCUT2D eigenvalue weighted by molar-refractivity contribution is -0.125. The fourth-order valence-corrected chi connectivity index (χ4v) is 3.09. The second-order valence-corrected chi connectivity index (χ2v) is 6.76. The Balaban J connectivity index is 2.79. The standard InChI is InChI=1S/C10H19NO3S/c1-4-9-7-11(6-5-10(9)12)15(13,14)8(2)3/h8-9H,4-7H2,1-3H3. The average Bonchev–Trinajstić information content (AvgIpc) is 2.18. The van der Waals surface area contributed by atoms with E-state index in [-0.39, 0.29) is 11.7 Å². The Hall–Kier alpha value is -0.420. The highest BCUT2D eigenvalue weighted by Crippen LogP contribution is 2.20. The van der Waals surface area contributed by atoms with E-state index in [2.05, 4.69) is 0 Å². The number of Topliss-reactive ketones (excluding diaryl/α,β-unsaturated/α-hetero) is 1. The van der Waals surface area contributed by atoms with Crippen molar-refractivity contribution < 1.29 is 13.2 Å². The second-order valence-electron chi connectivity index (χ2n) is 4.27. The van der Waals surface area contributed by atoms with E-state index in [0.717, 1.165) is 6.42 Å². The molecule has 1 fully saturated rings. The molecule has 0 saturated carbocycles. The largest absolute Gasteiger partial charge is 0.299 e. The number of piperidine rings is 1. The molecule has 0 aliphatic carbocycles. The number of carbonyl (C=O) groups is 1. The third kappa shape index (κ3) is 2.58. The Labute approximate surface area is 91.7 Å². The van der Waals surface area contributed by atoms with Crippen molar-refractivity contribution in [3.05, 3.63) is 0 Å². The quantitative estimate of drug-likeness (QED) is 0.731. The smallest absolute Gasteiger partial charge is 0.216 e. The molecule has 4 nitrogen and oxygen atoms in total. The van der Waals surface area contributed by atoms with E-state index in [1.165, 1.54) is 4.31 Å². The summed E-state index contributed by atoms with van der Waals surface area (Å²) in [4.78, 5) is 11.4. The van der Waals surface area contributed by atoms with Gasteiger partial charge in [0.2, 0.25) is 10.0 Å². The van der Waals surface area contributed by atoms with E-state index >= 15 is 0 Å². The molecule has 1 heterocycles. The maximum Gasteiger partial charge on any atom is 0.216 e. The first-order valence-corrected chi connectivity index (χ1v) is 6.91. The van der Waals surface area contributed by atoms with Crippen molar-refractivity contribution in [1.82, 2.24) is 4.31 Å². The van der Waals surface area contributed by atoms with Gasteiger partial charge in [-0.2, -0.15) is 0 Å². The zero-order chi connectivity index (χ0) is 11.6. The summed E-state index contributed by atoms with van der Waals surface area (Å²) in [6.45, 7) is 6.00. The number of ketones is 1. The zero-order valence-corrected chi connectivity index (χ0v) is 10.4. The monoisotopic (exact) mass is 233 g/mol. The third-order valence-corrected chi connectivity index (χ3v) is 5.18. The van der Waals surface area contributed by atoms with Crippen molar-refractivity contribution in [1.29, 1.82) is 0 Å². The fourth-order valence-electron chi connectivity index (χ4n) is 1.76. The van der Waals surface area contributed by atoms with Crippen molar-refractivity contribution >= 4 is 15.8 Å². The molecule has 1 unspecified atom stereocenters. The molecule has 1 aliphatic rings. The summed E-state index contributed by atoms with van der Waals surface area (Å²) in [5.74, 6) is 0.0972. The Morgan fingerprint density at radius 1 is 1.47 bits per heavy atom. The van der Waals surface area contributed by atoms with Gasteiger partial charge >= 0.3 is 0 Å². The van der Waals surface area contributed by atoms with Crippen molar-refractivity contribution in [2.24, 2.45) is 5.92 Å². The van der Waals surface area contributed by atoms with Gasteiger partial charge in [0.1, 0.15) is 5.78 Å². The van der Waals surface area contributed by atoms with E-state index in [4.69, 9.17) is 0 Å². The van der Waals surface area contributed by atoms with Crippen LogP contribution in [0.25, 0.3) is 0 Å². The predicted molar refractivity (Wildman–Crippen MR) is 59.0 cm³/mol. The van der Waals surface area contributed by atoms with Crippen LogP contribution >= 0.6 is 0 Å². The third-order valence-electron chi connectivity index (χ3n) is 2.94. The molecule has 0 spiro atoms. The highest BCUT2D eigenvalue weighted by Gasteiger charge is 2.33. The minimum absolute atomic E-state index is 0.104. The molecule has 1 rings (SSSR count). The number of rotatable bonds is 3. The maximum absolute atomic E-state index is 11.9. The van der Waals surface area contributed by atoms with Gasteiger partial charge in [-0.05, 0) is 20.3 Å². The summed E-state index contributed by atoms with van der Waals surface area (Å²) in [5.41, 5.74) is 0. The van der Waals surface area contributed by atoms with Gasteiger partial charge in [0.25, 0.3) is 0 Å². The van der Waals surface area contributed by atoms with Gasteiger partial charge in [-0.25, -0.2) is 12.7 Å². The number of nitrogens with zero attached hydrogens (tertiary/aromatic N) is 1. The Kier molecular flexibility index (Phi) is 3.89. The molecule has 0 bridgehead atoms. The number of carbonyl (C=O) groups excluding carboxylic acids is 1. The number of sulfonamides is 1. The van der Waals surface area contributed by atoms with Gasteiger partial charge in [-0.1, -0.05) is 6.92 Å². The van der Waals surface area contributed by atoms with Gasteiger partial charge in [-0.3, -0.25) is 4.79 Å². The molecule has 5 heteroatoms.